The maximum absolute atomic E-state index is 12.1. The number of hydrogen-bond acceptors (Lipinski definition) is 3. The van der Waals surface area contributed by atoms with Gasteiger partial charge in [0, 0.05) is 0 Å². The highest BCUT2D eigenvalue weighted by atomic mass is 16.3. The molecule has 10 atom stereocenters. The predicted octanol–water partition coefficient (Wildman–Crippen LogP) is 7.33. The van der Waals surface area contributed by atoms with Gasteiger partial charge in [0.05, 0.1) is 12.2 Å². The van der Waals surface area contributed by atoms with E-state index in [0.717, 1.165) is 43.2 Å². The molecule has 212 valence electrons. The highest BCUT2D eigenvalue weighted by molar-refractivity contribution is 5.35. The van der Waals surface area contributed by atoms with E-state index in [4.69, 9.17) is 0 Å². The predicted molar refractivity (Wildman–Crippen MR) is 157 cm³/mol. The lowest BCUT2D eigenvalue weighted by Gasteiger charge is -2.62. The number of hydrogen-bond donors (Lipinski definition) is 3. The molecule has 0 amide bonds. The van der Waals surface area contributed by atoms with Gasteiger partial charge in [-0.3, -0.25) is 0 Å². The van der Waals surface area contributed by atoms with Crippen LogP contribution in [-0.2, 0) is 5.60 Å². The molecule has 3 heteroatoms. The quantitative estimate of drug-likeness (QED) is 0.366. The van der Waals surface area contributed by atoms with E-state index in [2.05, 4.69) is 45.0 Å². The third kappa shape index (κ3) is 4.43. The van der Waals surface area contributed by atoms with Gasteiger partial charge in [0.25, 0.3) is 0 Å². The maximum atomic E-state index is 12.1. The normalized spacial score (nSPS) is 40.8. The van der Waals surface area contributed by atoms with Crippen LogP contribution in [0.2, 0.25) is 0 Å². The van der Waals surface area contributed by atoms with Gasteiger partial charge in [-0.05, 0) is 122 Å². The van der Waals surface area contributed by atoms with E-state index >= 15 is 0 Å². The van der Waals surface area contributed by atoms with Crippen molar-refractivity contribution >= 4 is 0 Å². The summed E-state index contributed by atoms with van der Waals surface area (Å²) in [5, 5.41) is 34.5. The Morgan fingerprint density at radius 2 is 1.46 bits per heavy atom. The smallest absolute Gasteiger partial charge is 0.115 e. The van der Waals surface area contributed by atoms with E-state index in [9.17, 15) is 15.3 Å². The first-order valence-corrected chi connectivity index (χ1v) is 15.9. The van der Waals surface area contributed by atoms with Gasteiger partial charge >= 0.3 is 0 Å². The lowest BCUT2D eigenvalue weighted by molar-refractivity contribution is -0.175. The van der Waals surface area contributed by atoms with Crippen LogP contribution in [0.1, 0.15) is 96.1 Å². The van der Waals surface area contributed by atoms with E-state index in [1.807, 2.05) is 36.4 Å². The fourth-order valence-corrected chi connectivity index (χ4v) is 10.7. The SMILES string of the molecule is CC(CCC(O)(c1ccccc1)c1ccccc1)C1CCC2C3CCC4C[C@H](O)CC[C@]4(C)C3C[C@H](O)[C@]12C. The first-order chi connectivity index (χ1) is 18.7. The molecule has 0 bridgehead atoms. The molecule has 3 nitrogen and oxygen atoms in total. The number of benzene rings is 2. The molecule has 4 aliphatic rings. The highest BCUT2D eigenvalue weighted by Crippen LogP contribution is 2.68. The van der Waals surface area contributed by atoms with E-state index < -0.39 is 5.60 Å². The molecule has 0 heterocycles. The molecule has 4 saturated carbocycles. The fourth-order valence-electron chi connectivity index (χ4n) is 10.7. The number of rotatable bonds is 6. The molecular weight excluding hydrogens is 480 g/mol. The molecular formula is C36H50O3. The summed E-state index contributed by atoms with van der Waals surface area (Å²) < 4.78 is 0. The Hall–Kier alpha value is -1.68. The zero-order chi connectivity index (χ0) is 27.4. The van der Waals surface area contributed by atoms with Crippen LogP contribution in [0.3, 0.4) is 0 Å². The largest absolute Gasteiger partial charge is 0.393 e. The summed E-state index contributed by atoms with van der Waals surface area (Å²) in [5.41, 5.74) is 1.14. The second-order valence-corrected chi connectivity index (χ2v) is 14.5. The molecule has 3 N–H and O–H groups in total. The lowest BCUT2D eigenvalue weighted by Crippen LogP contribution is -2.58. The summed E-state index contributed by atoms with van der Waals surface area (Å²) in [6.07, 6.45) is 10.1. The monoisotopic (exact) mass is 530 g/mol. The highest BCUT2D eigenvalue weighted by Gasteiger charge is 2.63. The Kier molecular flexibility index (Phi) is 7.26. The second kappa shape index (κ2) is 10.3. The Morgan fingerprint density at radius 1 is 0.821 bits per heavy atom. The minimum absolute atomic E-state index is 0.0461. The summed E-state index contributed by atoms with van der Waals surface area (Å²) >= 11 is 0. The Bertz CT molecular complexity index is 1080. The first-order valence-electron chi connectivity index (χ1n) is 15.9. The van der Waals surface area contributed by atoms with Crippen LogP contribution in [0.4, 0.5) is 0 Å². The standard InChI is InChI=1S/C36H50O3/c1-24(18-21-36(39,25-10-6-4-7-11-25)26-12-8-5-9-13-26)30-16-17-31-29-15-14-27-22-28(37)19-20-34(27,2)32(29)23-33(38)35(30,31)3/h4-13,24,27-33,37-39H,14-23H2,1-3H3/t24?,27?,28-,29?,30?,31?,32?,33+,34+,35-/m1/s1. The van der Waals surface area contributed by atoms with Crippen molar-refractivity contribution in [2.45, 2.75) is 103 Å². The molecule has 2 aromatic rings. The minimum atomic E-state index is -1.01. The van der Waals surface area contributed by atoms with Gasteiger partial charge in [-0.1, -0.05) is 81.4 Å². The molecule has 0 aromatic heterocycles. The van der Waals surface area contributed by atoms with Gasteiger partial charge in [-0.15, -0.1) is 0 Å². The average molecular weight is 531 g/mol. The van der Waals surface area contributed by atoms with Gasteiger partial charge in [0.15, 0.2) is 0 Å². The van der Waals surface area contributed by atoms with Crippen molar-refractivity contribution in [1.82, 2.24) is 0 Å². The fraction of sp³-hybridized carbons (Fsp3) is 0.667. The van der Waals surface area contributed by atoms with Crippen molar-refractivity contribution < 1.29 is 15.3 Å². The third-order valence-corrected chi connectivity index (χ3v) is 13.0. The van der Waals surface area contributed by atoms with E-state index in [-0.39, 0.29) is 23.0 Å². The summed E-state index contributed by atoms with van der Waals surface area (Å²) in [6, 6.07) is 20.3. The van der Waals surface area contributed by atoms with E-state index in [0.29, 0.717) is 41.9 Å². The first kappa shape index (κ1) is 27.5. The van der Waals surface area contributed by atoms with Gasteiger partial charge in [0.1, 0.15) is 5.60 Å². The number of fused-ring (bicyclic) bond motifs is 5. The zero-order valence-corrected chi connectivity index (χ0v) is 24.3. The molecule has 6 rings (SSSR count). The molecule has 2 aromatic carbocycles. The van der Waals surface area contributed by atoms with Crippen LogP contribution in [0.25, 0.3) is 0 Å². The van der Waals surface area contributed by atoms with Crippen molar-refractivity contribution in [2.75, 3.05) is 0 Å². The molecule has 0 saturated heterocycles. The number of aliphatic hydroxyl groups is 3. The van der Waals surface area contributed by atoms with Crippen LogP contribution in [0.15, 0.2) is 60.7 Å². The van der Waals surface area contributed by atoms with Crippen LogP contribution >= 0.6 is 0 Å². The summed E-state index contributed by atoms with van der Waals surface area (Å²) in [4.78, 5) is 0. The average Bonchev–Trinajstić information content (AvgIpc) is 3.32. The van der Waals surface area contributed by atoms with Gasteiger partial charge in [0.2, 0.25) is 0 Å². The van der Waals surface area contributed by atoms with E-state index in [1.54, 1.807) is 0 Å². The lowest BCUT2D eigenvalue weighted by atomic mass is 9.43. The second-order valence-electron chi connectivity index (χ2n) is 14.5. The summed E-state index contributed by atoms with van der Waals surface area (Å²) in [6.45, 7) is 7.30. The molecule has 0 spiro atoms. The summed E-state index contributed by atoms with van der Waals surface area (Å²) in [5.74, 6) is 3.41. The Balaban J connectivity index is 1.22. The molecule has 0 aliphatic heterocycles. The van der Waals surface area contributed by atoms with Gasteiger partial charge in [-0.25, -0.2) is 0 Å². The Morgan fingerprint density at radius 3 is 2.10 bits per heavy atom. The third-order valence-electron chi connectivity index (χ3n) is 13.0. The van der Waals surface area contributed by atoms with Crippen molar-refractivity contribution in [2.24, 2.45) is 46.3 Å². The van der Waals surface area contributed by atoms with Crippen molar-refractivity contribution in [1.29, 1.82) is 0 Å². The topological polar surface area (TPSA) is 60.7 Å². The molecule has 4 fully saturated rings. The van der Waals surface area contributed by atoms with Gasteiger partial charge in [-0.2, -0.15) is 0 Å². The Labute approximate surface area is 236 Å². The maximum Gasteiger partial charge on any atom is 0.115 e. The van der Waals surface area contributed by atoms with Crippen molar-refractivity contribution in [3.63, 3.8) is 0 Å². The van der Waals surface area contributed by atoms with Crippen LogP contribution in [-0.4, -0.2) is 27.5 Å². The zero-order valence-electron chi connectivity index (χ0n) is 24.3. The molecule has 0 radical (unpaired) electrons. The van der Waals surface area contributed by atoms with Crippen molar-refractivity contribution in [3.8, 4) is 0 Å². The molecule has 6 unspecified atom stereocenters. The van der Waals surface area contributed by atoms with Crippen LogP contribution < -0.4 is 0 Å². The summed E-state index contributed by atoms with van der Waals surface area (Å²) in [7, 11) is 0. The van der Waals surface area contributed by atoms with E-state index in [1.165, 1.54) is 25.7 Å². The molecule has 4 aliphatic carbocycles. The van der Waals surface area contributed by atoms with Gasteiger partial charge < -0.3 is 15.3 Å². The molecule has 39 heavy (non-hydrogen) atoms. The number of aliphatic hydroxyl groups excluding tert-OH is 2. The minimum Gasteiger partial charge on any atom is -0.393 e. The van der Waals surface area contributed by atoms with Crippen molar-refractivity contribution in [3.05, 3.63) is 71.8 Å². The van der Waals surface area contributed by atoms with Crippen LogP contribution in [0.5, 0.6) is 0 Å². The van der Waals surface area contributed by atoms with Crippen LogP contribution in [0, 0.1) is 46.3 Å².